The lowest BCUT2D eigenvalue weighted by Crippen LogP contribution is -2.19. The van der Waals surface area contributed by atoms with E-state index in [1.54, 1.807) is 18.2 Å². The van der Waals surface area contributed by atoms with Crippen LogP contribution in [0.5, 0.6) is 5.75 Å². The first-order chi connectivity index (χ1) is 14.9. The second-order valence-corrected chi connectivity index (χ2v) is 7.32. The Kier molecular flexibility index (Phi) is 7.40. The smallest absolute Gasteiger partial charge is 0.307 e. The summed E-state index contributed by atoms with van der Waals surface area (Å²) in [6, 6.07) is 21.4. The molecule has 31 heavy (non-hydrogen) atoms. The van der Waals surface area contributed by atoms with Crippen LogP contribution in [0.1, 0.15) is 29.2 Å². The summed E-state index contributed by atoms with van der Waals surface area (Å²) in [5.41, 5.74) is 11.3. The van der Waals surface area contributed by atoms with Gasteiger partial charge in [-0.25, -0.2) is 0 Å². The maximum absolute atomic E-state index is 11.2. The Balaban J connectivity index is 1.79. The average Bonchev–Trinajstić information content (AvgIpc) is 2.77. The molecule has 0 bridgehead atoms. The molecule has 0 aliphatic rings. The Morgan fingerprint density at radius 1 is 0.935 bits per heavy atom. The fraction of sp³-hybridized carbons (Fsp3) is 0.200. The maximum atomic E-state index is 11.2. The molecule has 3 aromatic carbocycles. The molecule has 1 amide bonds. The van der Waals surface area contributed by atoms with Crippen molar-refractivity contribution in [2.24, 2.45) is 5.73 Å². The number of hydrogen-bond acceptors (Lipinski definition) is 4. The summed E-state index contributed by atoms with van der Waals surface area (Å²) in [5.74, 6) is -0.561. The van der Waals surface area contributed by atoms with Crippen LogP contribution in [-0.2, 0) is 35.7 Å². The highest BCUT2D eigenvalue weighted by Gasteiger charge is 2.11. The summed E-state index contributed by atoms with van der Waals surface area (Å²) >= 11 is 0. The second kappa shape index (κ2) is 10.4. The first-order valence-electron chi connectivity index (χ1n) is 10.0. The Hall–Kier alpha value is -3.64. The van der Waals surface area contributed by atoms with Crippen molar-refractivity contribution in [1.82, 2.24) is 5.32 Å². The van der Waals surface area contributed by atoms with Crippen molar-refractivity contribution in [2.45, 2.75) is 33.0 Å². The van der Waals surface area contributed by atoms with Crippen LogP contribution in [0, 0.1) is 0 Å². The molecule has 3 rings (SSSR count). The van der Waals surface area contributed by atoms with Crippen molar-refractivity contribution >= 4 is 11.9 Å². The predicted octanol–water partition coefficient (Wildman–Crippen LogP) is 3.65. The molecule has 6 heteroatoms. The van der Waals surface area contributed by atoms with Crippen molar-refractivity contribution in [2.75, 3.05) is 0 Å². The van der Waals surface area contributed by atoms with Crippen LogP contribution < -0.4 is 15.8 Å². The number of aliphatic carboxylic acids is 1. The SMILES string of the molecule is CC(=O)NCc1ccc(CC(=O)O)c(OCc2cccc(-c3cccc(CN)c3)c2)c1. The number of nitrogens with two attached hydrogens (primary N) is 1. The molecule has 160 valence electrons. The molecule has 6 nitrogen and oxygen atoms in total. The van der Waals surface area contributed by atoms with Crippen LogP contribution in [0.25, 0.3) is 11.1 Å². The lowest BCUT2D eigenvalue weighted by molar-refractivity contribution is -0.136. The molecule has 0 fully saturated rings. The number of hydrogen-bond donors (Lipinski definition) is 3. The zero-order chi connectivity index (χ0) is 22.2. The van der Waals surface area contributed by atoms with Gasteiger partial charge in [0.05, 0.1) is 6.42 Å². The molecular formula is C25H26N2O4. The number of carbonyl (C=O) groups is 2. The fourth-order valence-corrected chi connectivity index (χ4v) is 3.26. The lowest BCUT2D eigenvalue weighted by Gasteiger charge is -2.14. The summed E-state index contributed by atoms with van der Waals surface area (Å²) in [5, 5.41) is 11.9. The third-order valence-corrected chi connectivity index (χ3v) is 4.83. The van der Waals surface area contributed by atoms with Gasteiger partial charge >= 0.3 is 5.97 Å². The molecule has 0 aliphatic carbocycles. The number of carbonyl (C=O) groups excluding carboxylic acids is 1. The van der Waals surface area contributed by atoms with E-state index in [1.165, 1.54) is 6.92 Å². The molecule has 3 aromatic rings. The van der Waals surface area contributed by atoms with Crippen molar-refractivity contribution in [3.8, 4) is 16.9 Å². The van der Waals surface area contributed by atoms with E-state index in [0.717, 1.165) is 27.8 Å². The molecule has 0 saturated carbocycles. The van der Waals surface area contributed by atoms with Gasteiger partial charge in [0.15, 0.2) is 0 Å². The quantitative estimate of drug-likeness (QED) is 0.492. The molecule has 4 N–H and O–H groups in total. The van der Waals surface area contributed by atoms with Crippen LogP contribution >= 0.6 is 0 Å². The van der Waals surface area contributed by atoms with Gasteiger partial charge in [-0.1, -0.05) is 48.5 Å². The van der Waals surface area contributed by atoms with E-state index in [1.807, 2.05) is 42.5 Å². The highest BCUT2D eigenvalue weighted by molar-refractivity contribution is 5.73. The average molecular weight is 418 g/mol. The van der Waals surface area contributed by atoms with Crippen LogP contribution in [0.2, 0.25) is 0 Å². The van der Waals surface area contributed by atoms with Crippen LogP contribution in [-0.4, -0.2) is 17.0 Å². The third kappa shape index (κ3) is 6.42. The minimum Gasteiger partial charge on any atom is -0.489 e. The molecule has 0 radical (unpaired) electrons. The standard InChI is InChI=1S/C25H26N2O4/c1-17(28)27-15-19-8-9-23(13-25(29)30)24(12-19)31-16-20-5-3-7-22(11-20)21-6-2-4-18(10-21)14-26/h2-12H,13-16,26H2,1H3,(H,27,28)(H,29,30). The number of rotatable bonds is 9. The third-order valence-electron chi connectivity index (χ3n) is 4.83. The number of benzene rings is 3. The van der Waals surface area contributed by atoms with E-state index >= 15 is 0 Å². The van der Waals surface area contributed by atoms with Gasteiger partial charge in [0.1, 0.15) is 12.4 Å². The summed E-state index contributed by atoms with van der Waals surface area (Å²) in [6.07, 6.45) is -0.137. The van der Waals surface area contributed by atoms with Crippen LogP contribution in [0.15, 0.2) is 66.7 Å². The summed E-state index contributed by atoms with van der Waals surface area (Å²) in [4.78, 5) is 22.4. The zero-order valence-electron chi connectivity index (χ0n) is 17.4. The van der Waals surface area contributed by atoms with Gasteiger partial charge in [-0.15, -0.1) is 0 Å². The number of carboxylic acid groups (broad SMARTS) is 1. The monoisotopic (exact) mass is 418 g/mol. The molecule has 0 aliphatic heterocycles. The Morgan fingerprint density at radius 3 is 2.26 bits per heavy atom. The summed E-state index contributed by atoms with van der Waals surface area (Å²) in [6.45, 7) is 2.58. The minimum atomic E-state index is -0.929. The predicted molar refractivity (Wildman–Crippen MR) is 119 cm³/mol. The van der Waals surface area contributed by atoms with Gasteiger partial charge in [0.2, 0.25) is 5.91 Å². The molecule has 0 saturated heterocycles. The number of ether oxygens (including phenoxy) is 1. The number of carboxylic acids is 1. The maximum Gasteiger partial charge on any atom is 0.307 e. The van der Waals surface area contributed by atoms with E-state index in [9.17, 15) is 14.7 Å². The van der Waals surface area contributed by atoms with E-state index in [0.29, 0.717) is 31.0 Å². The minimum absolute atomic E-state index is 0.132. The van der Waals surface area contributed by atoms with E-state index in [2.05, 4.69) is 11.4 Å². The Morgan fingerprint density at radius 2 is 1.61 bits per heavy atom. The molecule has 0 aromatic heterocycles. The highest BCUT2D eigenvalue weighted by atomic mass is 16.5. The van der Waals surface area contributed by atoms with E-state index < -0.39 is 5.97 Å². The van der Waals surface area contributed by atoms with Gasteiger partial charge in [-0.3, -0.25) is 9.59 Å². The second-order valence-electron chi connectivity index (χ2n) is 7.32. The zero-order valence-corrected chi connectivity index (χ0v) is 17.4. The van der Waals surface area contributed by atoms with Gasteiger partial charge in [0, 0.05) is 25.6 Å². The van der Waals surface area contributed by atoms with Gasteiger partial charge in [-0.05, 0) is 46.0 Å². The fourth-order valence-electron chi connectivity index (χ4n) is 3.26. The van der Waals surface area contributed by atoms with Gasteiger partial charge < -0.3 is 20.9 Å². The van der Waals surface area contributed by atoms with Gasteiger partial charge in [-0.2, -0.15) is 0 Å². The van der Waals surface area contributed by atoms with Crippen LogP contribution in [0.3, 0.4) is 0 Å². The van der Waals surface area contributed by atoms with Crippen molar-refractivity contribution in [3.05, 3.63) is 89.0 Å². The lowest BCUT2D eigenvalue weighted by atomic mass is 10.0. The van der Waals surface area contributed by atoms with Crippen molar-refractivity contribution in [1.29, 1.82) is 0 Å². The Labute approximate surface area is 181 Å². The summed E-state index contributed by atoms with van der Waals surface area (Å²) in [7, 11) is 0. The van der Waals surface area contributed by atoms with Crippen molar-refractivity contribution in [3.63, 3.8) is 0 Å². The van der Waals surface area contributed by atoms with Gasteiger partial charge in [0.25, 0.3) is 0 Å². The Bertz CT molecular complexity index is 1080. The molecular weight excluding hydrogens is 392 g/mol. The van der Waals surface area contributed by atoms with E-state index in [4.69, 9.17) is 10.5 Å². The van der Waals surface area contributed by atoms with Crippen LogP contribution in [0.4, 0.5) is 0 Å². The normalized spacial score (nSPS) is 10.5. The first kappa shape index (κ1) is 22.1. The van der Waals surface area contributed by atoms with Crippen molar-refractivity contribution < 1.29 is 19.4 Å². The number of nitrogens with one attached hydrogen (secondary N) is 1. The molecule has 0 unspecified atom stereocenters. The molecule has 0 spiro atoms. The number of amides is 1. The highest BCUT2D eigenvalue weighted by Crippen LogP contribution is 2.25. The topological polar surface area (TPSA) is 102 Å². The van der Waals surface area contributed by atoms with E-state index in [-0.39, 0.29) is 12.3 Å². The largest absolute Gasteiger partial charge is 0.489 e. The molecule has 0 heterocycles. The summed E-state index contributed by atoms with van der Waals surface area (Å²) < 4.78 is 6.01. The first-order valence-corrected chi connectivity index (χ1v) is 10.0. The molecule has 0 atom stereocenters.